The van der Waals surface area contributed by atoms with E-state index in [1.807, 2.05) is 25.2 Å². The summed E-state index contributed by atoms with van der Waals surface area (Å²) in [7, 11) is 1.82. The van der Waals surface area contributed by atoms with Gasteiger partial charge in [-0.2, -0.15) is 5.10 Å². The summed E-state index contributed by atoms with van der Waals surface area (Å²) in [5.41, 5.74) is 0.747. The molecule has 0 fully saturated rings. The van der Waals surface area contributed by atoms with Gasteiger partial charge in [0.15, 0.2) is 5.75 Å². The molecule has 1 heterocycles. The summed E-state index contributed by atoms with van der Waals surface area (Å²) < 4.78 is 8.26. The summed E-state index contributed by atoms with van der Waals surface area (Å²) in [6.45, 7) is 1.71. The van der Waals surface area contributed by atoms with Gasteiger partial charge in [0.1, 0.15) is 5.75 Å². The van der Waals surface area contributed by atoms with Crippen LogP contribution in [0.5, 0.6) is 11.5 Å². The number of hydrogen-bond acceptors (Lipinski definition) is 3. The Balaban J connectivity index is 2.33. The van der Waals surface area contributed by atoms with Crippen molar-refractivity contribution in [1.29, 1.82) is 0 Å². The number of ether oxygens (including phenoxy) is 1. The van der Waals surface area contributed by atoms with E-state index >= 15 is 0 Å². The van der Waals surface area contributed by atoms with Gasteiger partial charge in [0.25, 0.3) is 0 Å². The molecule has 90 valence electrons. The lowest BCUT2D eigenvalue weighted by Gasteiger charge is -2.12. The van der Waals surface area contributed by atoms with E-state index in [1.165, 1.54) is 0 Å². The molecular formula is C12H13BrN2O2. The molecule has 0 radical (unpaired) electrons. The lowest BCUT2D eigenvalue weighted by atomic mass is 10.1. The summed E-state index contributed by atoms with van der Waals surface area (Å²) in [6, 6.07) is 5.54. The summed E-state index contributed by atoms with van der Waals surface area (Å²) in [4.78, 5) is 0. The third-order valence-corrected chi connectivity index (χ3v) is 2.83. The van der Waals surface area contributed by atoms with E-state index in [1.54, 1.807) is 24.0 Å². The maximum atomic E-state index is 9.66. The summed E-state index contributed by atoms with van der Waals surface area (Å²) in [6.07, 6.45) is 2.83. The lowest BCUT2D eigenvalue weighted by Crippen LogP contribution is -1.95. The zero-order valence-corrected chi connectivity index (χ0v) is 11.2. The highest BCUT2D eigenvalue weighted by molar-refractivity contribution is 9.10. The molecule has 0 aliphatic rings. The fourth-order valence-corrected chi connectivity index (χ4v) is 1.86. The van der Waals surface area contributed by atoms with Crippen molar-refractivity contribution in [3.63, 3.8) is 0 Å². The van der Waals surface area contributed by atoms with E-state index in [2.05, 4.69) is 21.0 Å². The minimum atomic E-state index is -0.574. The summed E-state index contributed by atoms with van der Waals surface area (Å²) >= 11 is 3.38. The highest BCUT2D eigenvalue weighted by atomic mass is 79.9. The quantitative estimate of drug-likeness (QED) is 0.947. The van der Waals surface area contributed by atoms with Crippen molar-refractivity contribution in [2.45, 2.75) is 13.0 Å². The lowest BCUT2D eigenvalue weighted by molar-refractivity contribution is 0.195. The number of aromatic nitrogens is 2. The van der Waals surface area contributed by atoms with Gasteiger partial charge in [0.05, 0.1) is 18.5 Å². The van der Waals surface area contributed by atoms with Crippen molar-refractivity contribution in [3.8, 4) is 11.5 Å². The van der Waals surface area contributed by atoms with Crippen LogP contribution in [0.15, 0.2) is 35.1 Å². The molecule has 1 aromatic carbocycles. The molecule has 0 aliphatic carbocycles. The highest BCUT2D eigenvalue weighted by Gasteiger charge is 2.11. The SMILES string of the molecule is CC(O)c1ccc(Br)cc1Oc1cnn(C)c1. The molecule has 0 spiro atoms. The molecule has 17 heavy (non-hydrogen) atoms. The zero-order chi connectivity index (χ0) is 12.4. The molecule has 1 N–H and O–H groups in total. The average Bonchev–Trinajstić information content (AvgIpc) is 2.63. The van der Waals surface area contributed by atoms with Crippen molar-refractivity contribution < 1.29 is 9.84 Å². The molecule has 0 aliphatic heterocycles. The third-order valence-electron chi connectivity index (χ3n) is 2.33. The predicted octanol–water partition coefficient (Wildman–Crippen LogP) is 3.03. The molecule has 2 aromatic rings. The Morgan fingerprint density at radius 3 is 2.82 bits per heavy atom. The number of halogens is 1. The second kappa shape index (κ2) is 4.89. The van der Waals surface area contributed by atoms with Gasteiger partial charge in [0, 0.05) is 17.1 Å². The Kier molecular flexibility index (Phi) is 3.49. The van der Waals surface area contributed by atoms with Crippen LogP contribution >= 0.6 is 15.9 Å². The number of nitrogens with zero attached hydrogens (tertiary/aromatic N) is 2. The summed E-state index contributed by atoms with van der Waals surface area (Å²) in [5.74, 6) is 1.27. The van der Waals surface area contributed by atoms with Crippen LogP contribution < -0.4 is 4.74 Å². The van der Waals surface area contributed by atoms with Crippen LogP contribution in [0, 0.1) is 0 Å². The Bertz CT molecular complexity index is 523. The fraction of sp³-hybridized carbons (Fsp3) is 0.250. The maximum Gasteiger partial charge on any atom is 0.165 e. The number of rotatable bonds is 3. The molecule has 0 bridgehead atoms. The zero-order valence-electron chi connectivity index (χ0n) is 9.59. The Labute approximate surface area is 108 Å². The smallest absolute Gasteiger partial charge is 0.165 e. The van der Waals surface area contributed by atoms with Crippen LogP contribution in [0.1, 0.15) is 18.6 Å². The molecule has 4 nitrogen and oxygen atoms in total. The Morgan fingerprint density at radius 2 is 2.24 bits per heavy atom. The van der Waals surface area contributed by atoms with Gasteiger partial charge in [-0.15, -0.1) is 0 Å². The maximum absolute atomic E-state index is 9.66. The van der Waals surface area contributed by atoms with Crippen molar-refractivity contribution >= 4 is 15.9 Å². The van der Waals surface area contributed by atoms with Crippen LogP contribution in [0.4, 0.5) is 0 Å². The highest BCUT2D eigenvalue weighted by Crippen LogP contribution is 2.31. The number of benzene rings is 1. The predicted molar refractivity (Wildman–Crippen MR) is 68.1 cm³/mol. The van der Waals surface area contributed by atoms with Gasteiger partial charge in [-0.05, 0) is 19.1 Å². The van der Waals surface area contributed by atoms with E-state index in [9.17, 15) is 5.11 Å². The van der Waals surface area contributed by atoms with Crippen molar-refractivity contribution in [3.05, 3.63) is 40.6 Å². The summed E-state index contributed by atoms with van der Waals surface area (Å²) in [5, 5.41) is 13.7. The van der Waals surface area contributed by atoms with Crippen molar-refractivity contribution in [2.75, 3.05) is 0 Å². The topological polar surface area (TPSA) is 47.3 Å². The molecule has 0 saturated carbocycles. The number of hydrogen-bond donors (Lipinski definition) is 1. The normalized spacial score (nSPS) is 12.5. The van der Waals surface area contributed by atoms with E-state index < -0.39 is 6.10 Å². The standard InChI is InChI=1S/C12H13BrN2O2/c1-8(16)11-4-3-9(13)5-12(11)17-10-6-14-15(2)7-10/h3-8,16H,1-2H3. The molecule has 0 amide bonds. The monoisotopic (exact) mass is 296 g/mol. The van der Waals surface area contributed by atoms with Crippen LogP contribution in [-0.2, 0) is 7.05 Å². The second-order valence-electron chi connectivity index (χ2n) is 3.81. The number of aliphatic hydroxyl groups excluding tert-OH is 1. The molecule has 2 rings (SSSR count). The molecule has 1 atom stereocenters. The first kappa shape index (κ1) is 12.1. The largest absolute Gasteiger partial charge is 0.454 e. The minimum Gasteiger partial charge on any atom is -0.454 e. The van der Waals surface area contributed by atoms with Gasteiger partial charge >= 0.3 is 0 Å². The Morgan fingerprint density at radius 1 is 1.47 bits per heavy atom. The fourth-order valence-electron chi connectivity index (χ4n) is 1.52. The van der Waals surface area contributed by atoms with Gasteiger partial charge in [0.2, 0.25) is 0 Å². The second-order valence-corrected chi connectivity index (χ2v) is 4.73. The first-order chi connectivity index (χ1) is 8.06. The van der Waals surface area contributed by atoms with Crippen LogP contribution in [0.2, 0.25) is 0 Å². The van der Waals surface area contributed by atoms with Crippen molar-refractivity contribution in [1.82, 2.24) is 9.78 Å². The molecule has 1 unspecified atom stereocenters. The van der Waals surface area contributed by atoms with E-state index in [0.717, 1.165) is 10.0 Å². The minimum absolute atomic E-state index is 0.574. The van der Waals surface area contributed by atoms with E-state index in [0.29, 0.717) is 11.5 Å². The van der Waals surface area contributed by atoms with Crippen LogP contribution in [0.25, 0.3) is 0 Å². The van der Waals surface area contributed by atoms with Crippen LogP contribution in [0.3, 0.4) is 0 Å². The molecule has 5 heteroatoms. The first-order valence-electron chi connectivity index (χ1n) is 5.20. The van der Waals surface area contributed by atoms with Crippen LogP contribution in [-0.4, -0.2) is 14.9 Å². The molecular weight excluding hydrogens is 284 g/mol. The van der Waals surface area contributed by atoms with Crippen molar-refractivity contribution in [2.24, 2.45) is 7.05 Å². The third kappa shape index (κ3) is 2.87. The Hall–Kier alpha value is -1.33. The average molecular weight is 297 g/mol. The molecule has 1 aromatic heterocycles. The van der Waals surface area contributed by atoms with Gasteiger partial charge < -0.3 is 9.84 Å². The first-order valence-corrected chi connectivity index (χ1v) is 5.99. The number of aryl methyl sites for hydroxylation is 1. The molecule has 0 saturated heterocycles. The van der Waals surface area contributed by atoms with Gasteiger partial charge in [-0.25, -0.2) is 0 Å². The number of aliphatic hydroxyl groups is 1. The van der Waals surface area contributed by atoms with Gasteiger partial charge in [-0.1, -0.05) is 22.0 Å². The van der Waals surface area contributed by atoms with E-state index in [-0.39, 0.29) is 0 Å². The van der Waals surface area contributed by atoms with E-state index in [4.69, 9.17) is 4.74 Å². The van der Waals surface area contributed by atoms with Gasteiger partial charge in [-0.3, -0.25) is 4.68 Å².